The first-order valence-corrected chi connectivity index (χ1v) is 22.8. The zero-order valence-corrected chi connectivity index (χ0v) is 36.9. The number of nitro benzene ring substituents is 1. The summed E-state index contributed by atoms with van der Waals surface area (Å²) in [6.07, 6.45) is 9.98. The van der Waals surface area contributed by atoms with Crippen LogP contribution in [0.3, 0.4) is 0 Å². The lowest BCUT2D eigenvalue weighted by Crippen LogP contribution is -2.47. The molecule has 5 N–H and O–H groups in total. The van der Waals surface area contributed by atoms with Gasteiger partial charge in [-0.05, 0) is 129 Å². The Morgan fingerprint density at radius 3 is 2.59 bits per heavy atom. The highest BCUT2D eigenvalue weighted by atomic mass is 35.5. The highest BCUT2D eigenvalue weighted by molar-refractivity contribution is 7.97. The number of H-pyrrole nitrogens is 1. The second-order valence-electron chi connectivity index (χ2n) is 17.5. The minimum absolute atomic E-state index is 0.0679. The number of hydrogen-bond donors (Lipinski definition) is 4. The maximum absolute atomic E-state index is 12.1. The van der Waals surface area contributed by atoms with Crippen molar-refractivity contribution in [1.29, 1.82) is 0 Å². The number of allylic oxidation sites excluding steroid dienone is 1. The molecular weight excluding hydrogens is 806 g/mol. The van der Waals surface area contributed by atoms with E-state index in [2.05, 4.69) is 78.9 Å². The van der Waals surface area contributed by atoms with E-state index in [0.717, 1.165) is 122 Å². The van der Waals surface area contributed by atoms with Crippen molar-refractivity contribution in [2.45, 2.75) is 69.9 Å². The van der Waals surface area contributed by atoms with Gasteiger partial charge in [0.15, 0.2) is 0 Å². The molecule has 0 radical (unpaired) electrons. The number of piperidine rings is 1. The number of nitrogens with two attached hydrogens (primary N) is 1. The first kappa shape index (κ1) is 43.0. The molecule has 3 aliphatic rings. The predicted molar refractivity (Wildman–Crippen MR) is 250 cm³/mol. The summed E-state index contributed by atoms with van der Waals surface area (Å²) in [6.45, 7) is 13.7. The maximum atomic E-state index is 12.1. The van der Waals surface area contributed by atoms with Gasteiger partial charge in [-0.2, -0.15) is 0 Å². The van der Waals surface area contributed by atoms with Gasteiger partial charge in [-0.25, -0.2) is 4.98 Å². The van der Waals surface area contributed by atoms with Crippen LogP contribution in [0.2, 0.25) is 5.02 Å². The molecule has 0 atom stereocenters. The second kappa shape index (κ2) is 19.6. The number of fused-ring (bicyclic) bond motifs is 1. The van der Waals surface area contributed by atoms with Crippen molar-refractivity contribution in [3.8, 4) is 11.5 Å². The van der Waals surface area contributed by atoms with E-state index in [1.165, 1.54) is 29.5 Å². The highest BCUT2D eigenvalue weighted by Crippen LogP contribution is 2.43. The van der Waals surface area contributed by atoms with Gasteiger partial charge < -0.3 is 30.6 Å². The fourth-order valence-electron chi connectivity index (χ4n) is 8.76. The Bertz CT molecular complexity index is 2320. The number of nitro groups is 1. The molecule has 1 aliphatic carbocycles. The molecule has 0 saturated carbocycles. The lowest BCUT2D eigenvalue weighted by molar-refractivity contribution is -0.384. The Labute approximate surface area is 368 Å². The molecule has 2 saturated heterocycles. The van der Waals surface area contributed by atoms with Crippen molar-refractivity contribution in [3.63, 3.8) is 0 Å². The molecule has 322 valence electrons. The van der Waals surface area contributed by atoms with Gasteiger partial charge in [-0.1, -0.05) is 49.2 Å². The highest BCUT2D eigenvalue weighted by Gasteiger charge is 2.29. The normalized spacial score (nSPS) is 17.9. The molecular formula is C47H58ClN9O3S. The van der Waals surface area contributed by atoms with Gasteiger partial charge in [0.25, 0.3) is 5.69 Å². The predicted octanol–water partition coefficient (Wildman–Crippen LogP) is 9.72. The lowest BCUT2D eigenvalue weighted by atomic mass is 9.72. The second-order valence-corrected chi connectivity index (χ2v) is 18.9. The summed E-state index contributed by atoms with van der Waals surface area (Å²) in [4.78, 5) is 27.7. The number of piperazine rings is 1. The summed E-state index contributed by atoms with van der Waals surface area (Å²) < 4.78 is 10.0. The smallest absolute Gasteiger partial charge is 0.293 e. The molecule has 2 aliphatic heterocycles. The first-order chi connectivity index (χ1) is 29.5. The number of halogens is 1. The molecule has 3 aromatic carbocycles. The van der Waals surface area contributed by atoms with Gasteiger partial charge in [0.05, 0.1) is 11.1 Å². The molecule has 0 bridgehead atoms. The number of aromatic nitrogens is 2. The van der Waals surface area contributed by atoms with Crippen molar-refractivity contribution in [2.75, 3.05) is 69.1 Å². The monoisotopic (exact) mass is 863 g/mol. The summed E-state index contributed by atoms with van der Waals surface area (Å²) in [5.74, 6) is 1.40. The van der Waals surface area contributed by atoms with E-state index in [9.17, 15) is 10.1 Å². The largest absolute Gasteiger partial charge is 0.455 e. The van der Waals surface area contributed by atoms with Crippen LogP contribution in [0.1, 0.15) is 63.5 Å². The van der Waals surface area contributed by atoms with E-state index in [0.29, 0.717) is 30.6 Å². The Hall–Kier alpha value is -4.63. The van der Waals surface area contributed by atoms with E-state index in [1.54, 1.807) is 23.9 Å². The van der Waals surface area contributed by atoms with Gasteiger partial charge in [-0.15, -0.1) is 0 Å². The van der Waals surface area contributed by atoms with E-state index in [4.69, 9.17) is 22.1 Å². The Kier molecular flexibility index (Phi) is 13.8. The Morgan fingerprint density at radius 1 is 1.00 bits per heavy atom. The summed E-state index contributed by atoms with van der Waals surface area (Å²) in [5, 5.41) is 17.2. The summed E-state index contributed by atoms with van der Waals surface area (Å²) in [6, 6.07) is 24.4. The van der Waals surface area contributed by atoms with Crippen molar-refractivity contribution >= 4 is 57.2 Å². The number of ether oxygens (including phenoxy) is 1. The lowest BCUT2D eigenvalue weighted by Gasteiger charge is -2.39. The first-order valence-electron chi connectivity index (χ1n) is 21.6. The van der Waals surface area contributed by atoms with E-state index >= 15 is 0 Å². The maximum Gasteiger partial charge on any atom is 0.293 e. The van der Waals surface area contributed by atoms with Crippen molar-refractivity contribution < 1.29 is 9.66 Å². The van der Waals surface area contributed by atoms with Gasteiger partial charge in [0.1, 0.15) is 22.8 Å². The third-order valence-electron chi connectivity index (χ3n) is 12.4. The van der Waals surface area contributed by atoms with Gasteiger partial charge in [-0.3, -0.25) is 19.7 Å². The van der Waals surface area contributed by atoms with Crippen LogP contribution in [0.15, 0.2) is 95.7 Å². The zero-order chi connectivity index (χ0) is 42.3. The quantitative estimate of drug-likeness (QED) is 0.0326. The SMILES string of the molecule is CC1(C)CCC(CN2CCN(c3ccc(CNSc4ccc(NCCCN5CCC(N)CC5)c([N+](=O)[O-])c4)c(Oc4cnc5[nH]ccc5c4)c3)CC2)=C(c2ccc(Cl)cc2)C1. The van der Waals surface area contributed by atoms with Crippen molar-refractivity contribution in [3.05, 3.63) is 117 Å². The van der Waals surface area contributed by atoms with Crippen molar-refractivity contribution in [2.24, 2.45) is 11.1 Å². The Balaban J connectivity index is 0.916. The molecule has 2 aromatic heterocycles. The van der Waals surface area contributed by atoms with Crippen molar-refractivity contribution in [1.82, 2.24) is 24.5 Å². The number of aromatic amines is 1. The third kappa shape index (κ3) is 11.3. The molecule has 0 amide bonds. The van der Waals surface area contributed by atoms with Gasteiger partial charge in [0, 0.05) is 96.7 Å². The number of nitrogens with one attached hydrogen (secondary N) is 3. The Morgan fingerprint density at radius 2 is 1.80 bits per heavy atom. The van der Waals surface area contributed by atoms with Crippen LogP contribution in [0, 0.1) is 15.5 Å². The number of likely N-dealkylation sites (tertiary alicyclic amines) is 1. The fourth-order valence-corrected chi connectivity index (χ4v) is 9.58. The molecule has 2 fully saturated rings. The van der Waals surface area contributed by atoms with E-state index in [1.807, 2.05) is 36.5 Å². The standard InChI is InChI=1S/C47H58ClN9O3S/c1-47(2)16-12-36(42(29-47)33-4-7-37(48)8-5-33)32-55-22-24-56(25-23-55)39-9-6-35(45(27-39)60-40-26-34-13-18-51-46(34)52-31-40)30-53-61-41-10-11-43(44(28-41)57(58)59)50-17-3-19-54-20-14-38(49)15-21-54/h4-11,13,18,26-28,31,38,50,53H,3,12,14-17,19-25,29-30,32,49H2,1-2H3,(H,51,52). The number of benzene rings is 3. The molecule has 61 heavy (non-hydrogen) atoms. The molecule has 4 heterocycles. The number of pyridine rings is 1. The van der Waals surface area contributed by atoms with Gasteiger partial charge >= 0.3 is 0 Å². The van der Waals surface area contributed by atoms with Gasteiger partial charge in [0.2, 0.25) is 0 Å². The number of nitrogens with zero attached hydrogens (tertiary/aromatic N) is 5. The molecule has 12 nitrogen and oxygen atoms in total. The van der Waals surface area contributed by atoms with Crippen LogP contribution in [0.4, 0.5) is 17.1 Å². The zero-order valence-electron chi connectivity index (χ0n) is 35.3. The summed E-state index contributed by atoms with van der Waals surface area (Å²) in [5.41, 5.74) is 14.2. The summed E-state index contributed by atoms with van der Waals surface area (Å²) in [7, 11) is 0. The summed E-state index contributed by atoms with van der Waals surface area (Å²) >= 11 is 7.64. The minimum atomic E-state index is -0.315. The van der Waals surface area contributed by atoms with Crippen LogP contribution in [0.5, 0.6) is 11.5 Å². The number of rotatable bonds is 16. The average Bonchev–Trinajstić information content (AvgIpc) is 3.73. The van der Waals surface area contributed by atoms with Crippen LogP contribution in [0.25, 0.3) is 16.6 Å². The molecule has 5 aromatic rings. The third-order valence-corrected chi connectivity index (χ3v) is 13.4. The number of anilines is 2. The van der Waals surface area contributed by atoms with Crippen LogP contribution < -0.4 is 25.4 Å². The van der Waals surface area contributed by atoms with Crippen LogP contribution in [-0.2, 0) is 6.54 Å². The molecule has 0 unspecified atom stereocenters. The van der Waals surface area contributed by atoms with E-state index in [-0.39, 0.29) is 16.0 Å². The molecule has 14 heteroatoms. The topological polar surface area (TPSA) is 141 Å². The molecule has 0 spiro atoms. The molecule has 8 rings (SSSR count). The minimum Gasteiger partial charge on any atom is -0.455 e. The average molecular weight is 865 g/mol. The van der Waals surface area contributed by atoms with E-state index < -0.39 is 0 Å². The van der Waals surface area contributed by atoms with Crippen LogP contribution >= 0.6 is 23.5 Å². The number of hydrogen-bond acceptors (Lipinski definition) is 11. The van der Waals surface area contributed by atoms with Crippen LogP contribution in [-0.4, -0.2) is 89.6 Å². The fraction of sp³-hybridized carbons (Fsp3) is 0.426.